The third kappa shape index (κ3) is 2.89. The number of nitrogen functional groups attached to an aromatic ring is 1. The first kappa shape index (κ1) is 17.0. The molecule has 0 aliphatic carbocycles. The molecule has 0 aliphatic heterocycles. The van der Waals surface area contributed by atoms with Crippen molar-refractivity contribution in [3.8, 4) is 11.4 Å². The smallest absolute Gasteiger partial charge is 0.253 e. The highest BCUT2D eigenvalue weighted by Gasteiger charge is 2.20. The first-order valence-electron chi connectivity index (χ1n) is 8.82. The van der Waals surface area contributed by atoms with Gasteiger partial charge < -0.3 is 14.9 Å². The summed E-state index contributed by atoms with van der Waals surface area (Å²) in [4.78, 5) is 21.1. The fourth-order valence-corrected chi connectivity index (χ4v) is 3.49. The summed E-state index contributed by atoms with van der Waals surface area (Å²) in [6.07, 6.45) is 3.51. The molecule has 136 valence electrons. The average Bonchev–Trinajstić information content (AvgIpc) is 3.04. The van der Waals surface area contributed by atoms with Crippen LogP contribution in [-0.4, -0.2) is 19.1 Å². The highest BCUT2D eigenvalue weighted by atomic mass is 16.1. The van der Waals surface area contributed by atoms with Crippen LogP contribution in [0.2, 0.25) is 0 Å². The number of nitrogens with zero attached hydrogens (tertiary/aromatic N) is 4. The van der Waals surface area contributed by atoms with Crippen molar-refractivity contribution >= 4 is 16.9 Å². The molecule has 4 aromatic rings. The fraction of sp³-hybridized carbons (Fsp3) is 0.190. The van der Waals surface area contributed by atoms with Gasteiger partial charge in [0, 0.05) is 30.4 Å². The molecular weight excluding hydrogens is 338 g/mol. The van der Waals surface area contributed by atoms with Gasteiger partial charge in [0.25, 0.3) is 5.56 Å². The quantitative estimate of drug-likeness (QED) is 0.609. The molecule has 6 heteroatoms. The first-order valence-corrected chi connectivity index (χ1v) is 8.82. The standard InChI is InChI=1S/C21H21N5O/c1-13-9-16(12-25(3)21(13)27)20-24-17-11-23-19(22)10-18(17)26(20)14(2)15-7-5-4-6-8-15/h4-12,14H,1-3H3,(H2,22,23). The maximum atomic E-state index is 12.1. The SMILES string of the molecule is Cc1cc(-c2nc3cnc(N)cc3n2C(C)c2ccccc2)cn(C)c1=O. The van der Waals surface area contributed by atoms with Crippen LogP contribution in [0.25, 0.3) is 22.4 Å². The number of anilines is 1. The summed E-state index contributed by atoms with van der Waals surface area (Å²) in [6.45, 7) is 3.95. The molecular formula is C21H21N5O. The van der Waals surface area contributed by atoms with Crippen molar-refractivity contribution in [3.63, 3.8) is 0 Å². The summed E-state index contributed by atoms with van der Waals surface area (Å²) in [7, 11) is 1.76. The van der Waals surface area contributed by atoms with Crippen molar-refractivity contribution in [2.24, 2.45) is 7.05 Å². The lowest BCUT2D eigenvalue weighted by Crippen LogP contribution is -2.19. The number of fused-ring (bicyclic) bond motifs is 1. The van der Waals surface area contributed by atoms with E-state index >= 15 is 0 Å². The number of aryl methyl sites for hydroxylation is 2. The number of imidazole rings is 1. The molecule has 0 bridgehead atoms. The van der Waals surface area contributed by atoms with E-state index in [1.807, 2.05) is 43.5 Å². The van der Waals surface area contributed by atoms with Crippen LogP contribution in [0.1, 0.15) is 24.1 Å². The van der Waals surface area contributed by atoms with Gasteiger partial charge in [-0.25, -0.2) is 9.97 Å². The Labute approximate surface area is 156 Å². The van der Waals surface area contributed by atoms with Crippen LogP contribution >= 0.6 is 0 Å². The molecule has 0 aliphatic rings. The lowest BCUT2D eigenvalue weighted by molar-refractivity contribution is 0.664. The molecule has 3 aromatic heterocycles. The maximum Gasteiger partial charge on any atom is 0.253 e. The van der Waals surface area contributed by atoms with Crippen LogP contribution < -0.4 is 11.3 Å². The van der Waals surface area contributed by atoms with Gasteiger partial charge in [-0.15, -0.1) is 0 Å². The third-order valence-corrected chi connectivity index (χ3v) is 4.89. The minimum Gasteiger partial charge on any atom is -0.384 e. The molecule has 0 fully saturated rings. The van der Waals surface area contributed by atoms with Gasteiger partial charge in [0.15, 0.2) is 0 Å². The minimum atomic E-state index is -0.0107. The number of rotatable bonds is 3. The zero-order chi connectivity index (χ0) is 19.1. The molecule has 3 heterocycles. The van der Waals surface area contributed by atoms with E-state index in [0.29, 0.717) is 11.4 Å². The number of benzene rings is 1. The maximum absolute atomic E-state index is 12.1. The normalized spacial score (nSPS) is 12.4. The van der Waals surface area contributed by atoms with Gasteiger partial charge in [0.1, 0.15) is 17.2 Å². The second-order valence-electron chi connectivity index (χ2n) is 6.82. The second kappa shape index (κ2) is 6.39. The molecule has 27 heavy (non-hydrogen) atoms. The lowest BCUT2D eigenvalue weighted by atomic mass is 10.1. The summed E-state index contributed by atoms with van der Waals surface area (Å²) < 4.78 is 3.75. The van der Waals surface area contributed by atoms with Crippen LogP contribution in [0.4, 0.5) is 5.82 Å². The topological polar surface area (TPSA) is 78.7 Å². The van der Waals surface area contributed by atoms with E-state index in [1.54, 1.807) is 17.8 Å². The van der Waals surface area contributed by atoms with E-state index in [2.05, 4.69) is 28.6 Å². The van der Waals surface area contributed by atoms with Gasteiger partial charge in [0.05, 0.1) is 17.8 Å². The van der Waals surface area contributed by atoms with Gasteiger partial charge >= 0.3 is 0 Å². The van der Waals surface area contributed by atoms with Crippen LogP contribution in [0, 0.1) is 6.92 Å². The van der Waals surface area contributed by atoms with E-state index < -0.39 is 0 Å². The molecule has 0 amide bonds. The van der Waals surface area contributed by atoms with Gasteiger partial charge in [-0.05, 0) is 25.5 Å². The Hall–Kier alpha value is -3.41. The van der Waals surface area contributed by atoms with Crippen molar-refractivity contribution in [1.29, 1.82) is 0 Å². The van der Waals surface area contributed by atoms with Crippen molar-refractivity contribution in [3.05, 3.63) is 76.3 Å². The van der Waals surface area contributed by atoms with Crippen LogP contribution in [-0.2, 0) is 7.05 Å². The fourth-order valence-electron chi connectivity index (χ4n) is 3.49. The van der Waals surface area contributed by atoms with Crippen molar-refractivity contribution in [1.82, 2.24) is 19.1 Å². The Morgan fingerprint density at radius 1 is 1.15 bits per heavy atom. The molecule has 0 radical (unpaired) electrons. The van der Waals surface area contributed by atoms with Crippen LogP contribution in [0.3, 0.4) is 0 Å². The monoisotopic (exact) mass is 359 g/mol. The number of hydrogen-bond donors (Lipinski definition) is 1. The second-order valence-corrected chi connectivity index (χ2v) is 6.82. The van der Waals surface area contributed by atoms with Crippen molar-refractivity contribution < 1.29 is 0 Å². The highest BCUT2D eigenvalue weighted by Crippen LogP contribution is 2.31. The number of nitrogens with two attached hydrogens (primary N) is 1. The van der Waals surface area contributed by atoms with E-state index in [0.717, 1.165) is 28.0 Å². The number of hydrogen-bond acceptors (Lipinski definition) is 4. The van der Waals surface area contributed by atoms with Gasteiger partial charge in [0.2, 0.25) is 0 Å². The summed E-state index contributed by atoms with van der Waals surface area (Å²) in [6, 6.07) is 14.0. The van der Waals surface area contributed by atoms with Gasteiger partial charge in [-0.3, -0.25) is 4.79 Å². The third-order valence-electron chi connectivity index (χ3n) is 4.89. The Bertz CT molecular complexity index is 1160. The zero-order valence-corrected chi connectivity index (χ0v) is 15.5. The average molecular weight is 359 g/mol. The summed E-state index contributed by atoms with van der Waals surface area (Å²) in [5.74, 6) is 1.24. The summed E-state index contributed by atoms with van der Waals surface area (Å²) in [5.41, 5.74) is 10.4. The Balaban J connectivity index is 2.02. The summed E-state index contributed by atoms with van der Waals surface area (Å²) in [5, 5.41) is 0. The molecule has 4 rings (SSSR count). The highest BCUT2D eigenvalue weighted by molar-refractivity contribution is 5.82. The summed E-state index contributed by atoms with van der Waals surface area (Å²) >= 11 is 0. The van der Waals surface area contributed by atoms with E-state index in [-0.39, 0.29) is 11.6 Å². The molecule has 1 atom stereocenters. The number of aromatic nitrogens is 4. The molecule has 1 unspecified atom stereocenters. The van der Waals surface area contributed by atoms with Gasteiger partial charge in [-0.2, -0.15) is 0 Å². The van der Waals surface area contributed by atoms with Crippen LogP contribution in [0.5, 0.6) is 0 Å². The number of pyridine rings is 2. The Kier molecular flexibility index (Phi) is 4.03. The Morgan fingerprint density at radius 2 is 1.89 bits per heavy atom. The molecule has 1 aromatic carbocycles. The molecule has 0 saturated carbocycles. The van der Waals surface area contributed by atoms with E-state index in [1.165, 1.54) is 0 Å². The lowest BCUT2D eigenvalue weighted by Gasteiger charge is -2.19. The van der Waals surface area contributed by atoms with Gasteiger partial charge in [-0.1, -0.05) is 30.3 Å². The zero-order valence-electron chi connectivity index (χ0n) is 15.5. The predicted octanol–water partition coefficient (Wildman–Crippen LogP) is 3.30. The molecule has 6 nitrogen and oxygen atoms in total. The molecule has 0 saturated heterocycles. The van der Waals surface area contributed by atoms with Crippen molar-refractivity contribution in [2.75, 3.05) is 5.73 Å². The molecule has 2 N–H and O–H groups in total. The van der Waals surface area contributed by atoms with E-state index in [9.17, 15) is 4.79 Å². The van der Waals surface area contributed by atoms with E-state index in [4.69, 9.17) is 10.7 Å². The van der Waals surface area contributed by atoms with Crippen LogP contribution in [0.15, 0.2) is 59.7 Å². The minimum absolute atomic E-state index is 0.0107. The first-order chi connectivity index (χ1) is 13.0. The predicted molar refractivity (Wildman–Crippen MR) is 108 cm³/mol. The largest absolute Gasteiger partial charge is 0.384 e. The Morgan fingerprint density at radius 3 is 2.59 bits per heavy atom. The molecule has 0 spiro atoms. The van der Waals surface area contributed by atoms with Crippen molar-refractivity contribution in [2.45, 2.75) is 19.9 Å².